The third kappa shape index (κ3) is 3.92. The van der Waals surface area contributed by atoms with Gasteiger partial charge in [0.25, 0.3) is 5.91 Å². The zero-order valence-corrected chi connectivity index (χ0v) is 14.8. The number of benzene rings is 1. The molecule has 0 aliphatic carbocycles. The van der Waals surface area contributed by atoms with E-state index in [1.807, 2.05) is 0 Å². The van der Waals surface area contributed by atoms with Gasteiger partial charge in [-0.05, 0) is 31.0 Å². The van der Waals surface area contributed by atoms with Crippen LogP contribution in [0.3, 0.4) is 0 Å². The number of primary amides is 1. The highest BCUT2D eigenvalue weighted by Gasteiger charge is 2.42. The fraction of sp³-hybridized carbons (Fsp3) is 0.353. The molecule has 2 aromatic rings. The highest BCUT2D eigenvalue weighted by atomic mass is 35.5. The predicted octanol–water partition coefficient (Wildman–Crippen LogP) is 2.88. The number of nitrogens with zero attached hydrogens (tertiary/aromatic N) is 3. The van der Waals surface area contributed by atoms with Crippen LogP contribution >= 0.6 is 11.6 Å². The van der Waals surface area contributed by atoms with Gasteiger partial charge in [0.2, 0.25) is 5.91 Å². The Morgan fingerprint density at radius 1 is 1.22 bits per heavy atom. The standard InChI is InChI=1S/C17H16ClF3N4O2/c18-11-2-1-3-12(8-11)25-14(17(19,20)21)13(9-23-25)16(27)24-6-4-10(5-7-24)15(22)26/h1-3,8-10H,4-7H2,(H2,22,26). The van der Waals surface area contributed by atoms with E-state index in [9.17, 15) is 22.8 Å². The average Bonchev–Trinajstić information content (AvgIpc) is 3.06. The van der Waals surface area contributed by atoms with Crippen molar-refractivity contribution in [3.63, 3.8) is 0 Å². The summed E-state index contributed by atoms with van der Waals surface area (Å²) in [6.07, 6.45) is -3.24. The Balaban J connectivity index is 1.94. The minimum Gasteiger partial charge on any atom is -0.369 e. The molecule has 2 heterocycles. The molecule has 1 aliphatic heterocycles. The molecule has 0 radical (unpaired) electrons. The summed E-state index contributed by atoms with van der Waals surface area (Å²) in [5.41, 5.74) is 3.64. The third-order valence-electron chi connectivity index (χ3n) is 4.51. The van der Waals surface area contributed by atoms with E-state index in [0.717, 1.165) is 6.20 Å². The van der Waals surface area contributed by atoms with E-state index >= 15 is 0 Å². The molecule has 2 N–H and O–H groups in total. The van der Waals surface area contributed by atoms with Crippen molar-refractivity contribution in [1.29, 1.82) is 0 Å². The number of nitrogens with two attached hydrogens (primary N) is 1. The van der Waals surface area contributed by atoms with Gasteiger partial charge in [0.15, 0.2) is 5.69 Å². The molecule has 0 atom stereocenters. The Hall–Kier alpha value is -2.55. The Labute approximate surface area is 157 Å². The Morgan fingerprint density at radius 2 is 1.89 bits per heavy atom. The first-order chi connectivity index (χ1) is 12.7. The maximum absolute atomic E-state index is 13.7. The maximum Gasteiger partial charge on any atom is 0.434 e. The van der Waals surface area contributed by atoms with Crippen molar-refractivity contribution in [2.24, 2.45) is 11.7 Å². The molecule has 1 aromatic heterocycles. The lowest BCUT2D eigenvalue weighted by molar-refractivity contribution is -0.143. The number of carbonyl (C=O) groups is 2. The first-order valence-electron chi connectivity index (χ1n) is 8.18. The van der Waals surface area contributed by atoms with Gasteiger partial charge in [0.1, 0.15) is 0 Å². The molecule has 1 aliphatic rings. The van der Waals surface area contributed by atoms with Crippen molar-refractivity contribution in [3.05, 3.63) is 46.7 Å². The van der Waals surface area contributed by atoms with E-state index in [0.29, 0.717) is 17.5 Å². The number of hydrogen-bond acceptors (Lipinski definition) is 3. The van der Waals surface area contributed by atoms with Gasteiger partial charge < -0.3 is 10.6 Å². The Kier molecular flexibility index (Phi) is 5.14. The van der Waals surface area contributed by atoms with Crippen molar-refractivity contribution in [3.8, 4) is 5.69 Å². The molecule has 6 nitrogen and oxygen atoms in total. The van der Waals surface area contributed by atoms with Crippen molar-refractivity contribution in [1.82, 2.24) is 14.7 Å². The zero-order valence-electron chi connectivity index (χ0n) is 14.0. The number of halogens is 4. The highest BCUT2D eigenvalue weighted by molar-refractivity contribution is 6.30. The quantitative estimate of drug-likeness (QED) is 0.860. The van der Waals surface area contributed by atoms with E-state index < -0.39 is 29.2 Å². The molecule has 0 spiro atoms. The van der Waals surface area contributed by atoms with Crippen LogP contribution in [0.1, 0.15) is 28.9 Å². The summed E-state index contributed by atoms with van der Waals surface area (Å²) in [6.45, 7) is 0.318. The van der Waals surface area contributed by atoms with Crippen molar-refractivity contribution in [2.75, 3.05) is 13.1 Å². The molecule has 0 saturated carbocycles. The fourth-order valence-corrected chi connectivity index (χ4v) is 3.30. The number of piperidine rings is 1. The highest BCUT2D eigenvalue weighted by Crippen LogP contribution is 2.35. The van der Waals surface area contributed by atoms with Gasteiger partial charge in [-0.15, -0.1) is 0 Å². The van der Waals surface area contributed by atoms with Gasteiger partial charge in [-0.1, -0.05) is 17.7 Å². The van der Waals surface area contributed by atoms with Gasteiger partial charge in [-0.3, -0.25) is 9.59 Å². The number of rotatable bonds is 3. The topological polar surface area (TPSA) is 81.2 Å². The molecular weight excluding hydrogens is 385 g/mol. The van der Waals surface area contributed by atoms with Gasteiger partial charge >= 0.3 is 6.18 Å². The van der Waals surface area contributed by atoms with Crippen molar-refractivity contribution in [2.45, 2.75) is 19.0 Å². The van der Waals surface area contributed by atoms with Gasteiger partial charge in [0, 0.05) is 24.0 Å². The van der Waals surface area contributed by atoms with E-state index in [4.69, 9.17) is 17.3 Å². The molecule has 2 amide bonds. The monoisotopic (exact) mass is 400 g/mol. The van der Waals surface area contributed by atoms with E-state index in [2.05, 4.69) is 5.10 Å². The minimum absolute atomic E-state index is 0.0984. The first kappa shape index (κ1) is 19.2. The summed E-state index contributed by atoms with van der Waals surface area (Å²) >= 11 is 5.86. The number of carbonyl (C=O) groups excluding carboxylic acids is 2. The minimum atomic E-state index is -4.80. The molecule has 27 heavy (non-hydrogen) atoms. The Morgan fingerprint density at radius 3 is 2.44 bits per heavy atom. The normalized spacial score (nSPS) is 15.8. The predicted molar refractivity (Wildman–Crippen MR) is 91.4 cm³/mol. The number of alkyl halides is 3. The van der Waals surface area contributed by atoms with E-state index in [1.165, 1.54) is 29.2 Å². The molecule has 0 unspecified atom stereocenters. The molecular formula is C17H16ClF3N4O2. The van der Waals surface area contributed by atoms with Crippen LogP contribution < -0.4 is 5.73 Å². The smallest absolute Gasteiger partial charge is 0.369 e. The lowest BCUT2D eigenvalue weighted by Crippen LogP contribution is -2.42. The van der Waals surface area contributed by atoms with Crippen LogP contribution in [0, 0.1) is 5.92 Å². The van der Waals surface area contributed by atoms with Crippen LogP contribution in [-0.2, 0) is 11.0 Å². The van der Waals surface area contributed by atoms with Crippen molar-refractivity contribution >= 4 is 23.4 Å². The summed E-state index contributed by atoms with van der Waals surface area (Å²) in [5, 5.41) is 4.02. The van der Waals surface area contributed by atoms with Gasteiger partial charge in [0.05, 0.1) is 17.4 Å². The summed E-state index contributed by atoms with van der Waals surface area (Å²) in [7, 11) is 0. The molecule has 1 saturated heterocycles. The van der Waals surface area contributed by atoms with Crippen LogP contribution in [0.4, 0.5) is 13.2 Å². The number of aromatic nitrogens is 2. The molecule has 10 heteroatoms. The second-order valence-corrected chi connectivity index (χ2v) is 6.70. The second-order valence-electron chi connectivity index (χ2n) is 6.27. The molecule has 0 bridgehead atoms. The molecule has 1 fully saturated rings. The van der Waals surface area contributed by atoms with Crippen LogP contribution in [0.25, 0.3) is 5.69 Å². The average molecular weight is 401 g/mol. The van der Waals surface area contributed by atoms with Crippen LogP contribution in [0.2, 0.25) is 5.02 Å². The maximum atomic E-state index is 13.7. The number of likely N-dealkylation sites (tertiary alicyclic amines) is 1. The van der Waals surface area contributed by atoms with E-state index in [1.54, 1.807) is 0 Å². The van der Waals surface area contributed by atoms with E-state index in [-0.39, 0.29) is 29.7 Å². The first-order valence-corrected chi connectivity index (χ1v) is 8.56. The van der Waals surface area contributed by atoms with Crippen LogP contribution in [0.15, 0.2) is 30.5 Å². The van der Waals surface area contributed by atoms with Crippen LogP contribution in [-0.4, -0.2) is 39.6 Å². The molecule has 1 aromatic carbocycles. The number of hydrogen-bond donors (Lipinski definition) is 1. The van der Waals surface area contributed by atoms with Gasteiger partial charge in [-0.25, -0.2) is 4.68 Å². The lowest BCUT2D eigenvalue weighted by Gasteiger charge is -2.30. The van der Waals surface area contributed by atoms with Crippen molar-refractivity contribution < 1.29 is 22.8 Å². The Bertz CT molecular complexity index is 873. The molecule has 3 rings (SSSR count). The number of amides is 2. The van der Waals surface area contributed by atoms with Gasteiger partial charge in [-0.2, -0.15) is 18.3 Å². The summed E-state index contributed by atoms with van der Waals surface area (Å²) in [4.78, 5) is 25.2. The largest absolute Gasteiger partial charge is 0.434 e. The third-order valence-corrected chi connectivity index (χ3v) is 4.74. The summed E-state index contributed by atoms with van der Waals surface area (Å²) < 4.78 is 41.8. The second kappa shape index (κ2) is 7.22. The summed E-state index contributed by atoms with van der Waals surface area (Å²) in [6, 6.07) is 5.77. The van der Waals surface area contributed by atoms with Crippen LogP contribution in [0.5, 0.6) is 0 Å². The zero-order chi connectivity index (χ0) is 19.8. The lowest BCUT2D eigenvalue weighted by atomic mass is 9.96. The molecule has 144 valence electrons. The summed E-state index contributed by atoms with van der Waals surface area (Å²) in [5.74, 6) is -1.62. The SMILES string of the molecule is NC(=O)C1CCN(C(=O)c2cnn(-c3cccc(Cl)c3)c2C(F)(F)F)CC1. The fourth-order valence-electron chi connectivity index (χ4n) is 3.12.